The smallest absolute Gasteiger partial charge is 0.304 e. The zero-order chi connectivity index (χ0) is 21.3. The Labute approximate surface area is 176 Å². The molecule has 0 aromatic heterocycles. The van der Waals surface area contributed by atoms with Gasteiger partial charge in [0, 0.05) is 19.2 Å². The van der Waals surface area contributed by atoms with Crippen molar-refractivity contribution in [3.63, 3.8) is 0 Å². The van der Waals surface area contributed by atoms with Crippen molar-refractivity contribution >= 4 is 16.1 Å². The van der Waals surface area contributed by atoms with Crippen LogP contribution in [0.1, 0.15) is 73.2 Å². The number of aliphatic hydroxyl groups excluding tert-OH is 1. The molecule has 0 radical (unpaired) electrons. The molecule has 3 fully saturated rings. The maximum Gasteiger partial charge on any atom is 0.304 e. The van der Waals surface area contributed by atoms with Gasteiger partial charge in [0.15, 0.2) is 0 Å². The van der Waals surface area contributed by atoms with Crippen molar-refractivity contribution in [3.05, 3.63) is 29.1 Å². The molecule has 166 valence electrons. The topological polar surface area (TPSA) is 95.9 Å². The van der Waals surface area contributed by atoms with Crippen LogP contribution in [0.2, 0.25) is 0 Å². The highest BCUT2D eigenvalue weighted by Crippen LogP contribution is 2.45. The number of nitrogens with one attached hydrogen (secondary N) is 1. The normalized spacial score (nSPS) is 23.5. The van der Waals surface area contributed by atoms with Gasteiger partial charge in [0.25, 0.3) is 5.91 Å². The van der Waals surface area contributed by atoms with E-state index in [2.05, 4.69) is 0 Å². The summed E-state index contributed by atoms with van der Waals surface area (Å²) in [6.45, 7) is 0.580. The largest absolute Gasteiger partial charge is 0.493 e. The molecule has 3 aliphatic rings. The van der Waals surface area contributed by atoms with Crippen LogP contribution in [0, 0.1) is 11.7 Å². The van der Waals surface area contributed by atoms with Gasteiger partial charge in [-0.3, -0.25) is 4.79 Å². The second-order valence-electron chi connectivity index (χ2n) is 8.70. The average molecular weight is 441 g/mol. The number of carbonyl (C=O) groups excluding carboxylic acids is 1. The molecule has 1 aromatic rings. The number of hydrogen-bond donors (Lipinski definition) is 2. The molecular weight excluding hydrogens is 411 g/mol. The molecule has 0 spiro atoms. The van der Waals surface area contributed by atoms with E-state index in [9.17, 15) is 22.7 Å². The summed E-state index contributed by atoms with van der Waals surface area (Å²) in [4.78, 5) is 12.6. The van der Waals surface area contributed by atoms with E-state index in [4.69, 9.17) is 4.74 Å². The van der Waals surface area contributed by atoms with Crippen molar-refractivity contribution in [2.75, 3.05) is 19.7 Å². The molecule has 4 rings (SSSR count). The van der Waals surface area contributed by atoms with E-state index in [0.717, 1.165) is 35.6 Å². The van der Waals surface area contributed by atoms with Crippen LogP contribution in [-0.2, 0) is 10.2 Å². The number of amides is 1. The summed E-state index contributed by atoms with van der Waals surface area (Å²) in [5, 5.41) is 9.55. The fourth-order valence-electron chi connectivity index (χ4n) is 4.31. The number of benzene rings is 1. The lowest BCUT2D eigenvalue weighted by Gasteiger charge is -2.23. The lowest BCUT2D eigenvalue weighted by molar-refractivity contribution is 0.0974. The first-order chi connectivity index (χ1) is 14.3. The van der Waals surface area contributed by atoms with Crippen LogP contribution in [-0.4, -0.2) is 49.5 Å². The Balaban J connectivity index is 1.49. The monoisotopic (exact) mass is 440 g/mol. The van der Waals surface area contributed by atoms with Gasteiger partial charge in [-0.25, -0.2) is 9.11 Å². The summed E-state index contributed by atoms with van der Waals surface area (Å²) < 4.78 is 48.4. The fraction of sp³-hybridized carbons (Fsp3) is 0.667. The van der Waals surface area contributed by atoms with E-state index in [1.54, 1.807) is 0 Å². The van der Waals surface area contributed by atoms with Crippen molar-refractivity contribution in [3.8, 4) is 5.75 Å². The molecule has 1 aromatic carbocycles. The molecule has 1 amide bonds. The molecule has 1 atom stereocenters. The third-order valence-electron chi connectivity index (χ3n) is 6.25. The molecule has 0 unspecified atom stereocenters. The van der Waals surface area contributed by atoms with E-state index in [0.29, 0.717) is 24.7 Å². The summed E-state index contributed by atoms with van der Waals surface area (Å²) in [7, 11) is -4.13. The van der Waals surface area contributed by atoms with Crippen molar-refractivity contribution in [2.45, 2.75) is 63.4 Å². The zero-order valence-corrected chi connectivity index (χ0v) is 17.8. The molecule has 0 bridgehead atoms. The molecule has 7 nitrogen and oxygen atoms in total. The third kappa shape index (κ3) is 4.95. The standard InChI is InChI=1S/C21H29FN2O5S/c22-19-11-20(29-13-14-4-2-1-3-5-14)17(15-6-7-15)10-18(19)21(26)23-30(27,28)24-9-8-16(25)12-24/h10-11,14-16,25H,1-9,12-13H2,(H,23,26)/t16-/m0/s1. The predicted molar refractivity (Wildman–Crippen MR) is 109 cm³/mol. The Morgan fingerprint density at radius 2 is 1.90 bits per heavy atom. The van der Waals surface area contributed by atoms with E-state index >= 15 is 0 Å². The number of halogens is 1. The lowest BCUT2D eigenvalue weighted by atomic mass is 9.90. The first-order valence-corrected chi connectivity index (χ1v) is 12.2. The van der Waals surface area contributed by atoms with Crippen molar-refractivity contribution < 1.29 is 27.4 Å². The Morgan fingerprint density at radius 1 is 1.17 bits per heavy atom. The number of β-amino-alcohol motifs (C(OH)–C–C–N with tert-alkyl or cyclic N) is 1. The first-order valence-electron chi connectivity index (χ1n) is 10.8. The average Bonchev–Trinajstić information content (AvgIpc) is 3.46. The van der Waals surface area contributed by atoms with Gasteiger partial charge in [-0.1, -0.05) is 19.3 Å². The number of rotatable bonds is 7. The summed E-state index contributed by atoms with van der Waals surface area (Å²) >= 11 is 0. The van der Waals surface area contributed by atoms with Crippen LogP contribution in [0.15, 0.2) is 12.1 Å². The van der Waals surface area contributed by atoms with Gasteiger partial charge in [0.05, 0.1) is 18.3 Å². The minimum Gasteiger partial charge on any atom is -0.493 e. The van der Waals surface area contributed by atoms with Gasteiger partial charge in [0.2, 0.25) is 0 Å². The van der Waals surface area contributed by atoms with E-state index < -0.39 is 28.0 Å². The molecule has 1 aliphatic heterocycles. The van der Waals surface area contributed by atoms with Crippen molar-refractivity contribution in [1.29, 1.82) is 0 Å². The second kappa shape index (κ2) is 8.80. The third-order valence-corrected chi connectivity index (χ3v) is 7.70. The molecular formula is C21H29FN2O5S. The Hall–Kier alpha value is -1.71. The zero-order valence-electron chi connectivity index (χ0n) is 17.0. The Kier molecular flexibility index (Phi) is 6.31. The number of nitrogens with zero attached hydrogens (tertiary/aromatic N) is 1. The molecule has 1 heterocycles. The van der Waals surface area contributed by atoms with Crippen LogP contribution in [0.4, 0.5) is 4.39 Å². The Morgan fingerprint density at radius 3 is 2.53 bits per heavy atom. The van der Waals surface area contributed by atoms with Crippen LogP contribution in [0.3, 0.4) is 0 Å². The van der Waals surface area contributed by atoms with E-state index in [-0.39, 0.29) is 24.6 Å². The first kappa shape index (κ1) is 21.5. The SMILES string of the molecule is O=C(NS(=O)(=O)N1CC[C@H](O)C1)c1cc(C2CC2)c(OCC2CCCCC2)cc1F. The minimum atomic E-state index is -4.13. The minimum absolute atomic E-state index is 0.0770. The van der Waals surface area contributed by atoms with Gasteiger partial charge in [0.1, 0.15) is 11.6 Å². The number of aliphatic hydroxyl groups is 1. The van der Waals surface area contributed by atoms with Crippen molar-refractivity contribution in [1.82, 2.24) is 9.03 Å². The highest BCUT2D eigenvalue weighted by molar-refractivity contribution is 7.87. The molecule has 1 saturated heterocycles. The lowest BCUT2D eigenvalue weighted by Crippen LogP contribution is -2.43. The van der Waals surface area contributed by atoms with Crippen LogP contribution >= 0.6 is 0 Å². The van der Waals surface area contributed by atoms with E-state index in [1.165, 1.54) is 31.4 Å². The van der Waals surface area contributed by atoms with Gasteiger partial charge < -0.3 is 9.84 Å². The second-order valence-corrected chi connectivity index (χ2v) is 10.4. The van der Waals surface area contributed by atoms with Gasteiger partial charge in [-0.15, -0.1) is 0 Å². The summed E-state index contributed by atoms with van der Waals surface area (Å²) in [5.74, 6) is -0.661. The van der Waals surface area contributed by atoms with Crippen LogP contribution < -0.4 is 9.46 Å². The molecule has 2 saturated carbocycles. The fourth-order valence-corrected chi connectivity index (χ4v) is 5.50. The van der Waals surface area contributed by atoms with Crippen LogP contribution in [0.25, 0.3) is 0 Å². The Bertz CT molecular complexity index is 897. The van der Waals surface area contributed by atoms with Crippen LogP contribution in [0.5, 0.6) is 5.75 Å². The maximum absolute atomic E-state index is 14.8. The van der Waals surface area contributed by atoms with Gasteiger partial charge in [-0.05, 0) is 55.6 Å². The van der Waals surface area contributed by atoms with Gasteiger partial charge in [-0.2, -0.15) is 12.7 Å². The molecule has 9 heteroatoms. The number of hydrogen-bond acceptors (Lipinski definition) is 5. The quantitative estimate of drug-likeness (QED) is 0.680. The van der Waals surface area contributed by atoms with Crippen molar-refractivity contribution in [2.24, 2.45) is 5.92 Å². The number of carbonyl (C=O) groups is 1. The number of ether oxygens (including phenoxy) is 1. The summed E-state index contributed by atoms with van der Waals surface area (Å²) in [5.41, 5.74) is 0.469. The maximum atomic E-state index is 14.8. The van der Waals surface area contributed by atoms with E-state index in [1.807, 2.05) is 4.72 Å². The summed E-state index contributed by atoms with van der Waals surface area (Å²) in [6, 6.07) is 2.66. The molecule has 2 N–H and O–H groups in total. The summed E-state index contributed by atoms with van der Waals surface area (Å²) in [6.07, 6.45) is 7.31. The highest BCUT2D eigenvalue weighted by Gasteiger charge is 2.34. The van der Waals surface area contributed by atoms with Gasteiger partial charge >= 0.3 is 10.2 Å². The molecule has 2 aliphatic carbocycles. The molecule has 30 heavy (non-hydrogen) atoms. The highest BCUT2D eigenvalue weighted by atomic mass is 32.2. The predicted octanol–water partition coefficient (Wildman–Crippen LogP) is 2.70.